The van der Waals surface area contributed by atoms with Crippen molar-refractivity contribution in [3.05, 3.63) is 52.0 Å². The minimum absolute atomic E-state index is 0.421. The summed E-state index contributed by atoms with van der Waals surface area (Å²) in [5.41, 5.74) is 5.69. The normalized spacial score (nSPS) is 15.5. The van der Waals surface area contributed by atoms with Crippen LogP contribution in [0.2, 0.25) is 0 Å². The number of aromatic nitrogens is 2. The lowest BCUT2D eigenvalue weighted by molar-refractivity contribution is 0.180. The zero-order valence-corrected chi connectivity index (χ0v) is 21.0. The van der Waals surface area contributed by atoms with Crippen molar-refractivity contribution in [2.45, 2.75) is 47.1 Å². The molecule has 2 aromatic rings. The van der Waals surface area contributed by atoms with Gasteiger partial charge in [0.25, 0.3) is 0 Å². The number of sulfonamides is 1. The summed E-state index contributed by atoms with van der Waals surface area (Å²) in [4.78, 5) is 12.1. The predicted molar refractivity (Wildman–Crippen MR) is 129 cm³/mol. The van der Waals surface area contributed by atoms with Gasteiger partial charge < -0.3 is 9.64 Å². The molecule has 0 atom stereocenters. The van der Waals surface area contributed by atoms with Crippen molar-refractivity contribution in [2.75, 3.05) is 44.4 Å². The van der Waals surface area contributed by atoms with Crippen LogP contribution in [0, 0.1) is 19.8 Å². The summed E-state index contributed by atoms with van der Waals surface area (Å²) < 4.78 is 31.0. The highest BCUT2D eigenvalue weighted by molar-refractivity contribution is 7.88. The summed E-state index contributed by atoms with van der Waals surface area (Å²) in [5.74, 6) is 2.17. The molecule has 0 unspecified atom stereocenters. The van der Waals surface area contributed by atoms with Crippen LogP contribution in [0.4, 0.5) is 5.82 Å². The van der Waals surface area contributed by atoms with Gasteiger partial charge in [-0.25, -0.2) is 18.4 Å². The monoisotopic (exact) mass is 460 g/mol. The standard InChI is InChI=1S/C24H36N4O3S/c1-17(2)13-23-25-22(16-31-5)21(15-20-14-18(3)7-8-19(20)4)24(26-23)27-9-11-28(12-10-27)32(6,29)30/h7-8,14,17H,9-13,15-16H2,1-6H3. The maximum Gasteiger partial charge on any atom is 0.211 e. The van der Waals surface area contributed by atoms with Crippen molar-refractivity contribution in [1.29, 1.82) is 0 Å². The van der Waals surface area contributed by atoms with E-state index in [1.807, 2.05) is 0 Å². The Morgan fingerprint density at radius 3 is 2.38 bits per heavy atom. The molecule has 0 spiro atoms. The topological polar surface area (TPSA) is 75.6 Å². The lowest BCUT2D eigenvalue weighted by atomic mass is 9.97. The molecule has 0 saturated carbocycles. The molecule has 7 nitrogen and oxygen atoms in total. The fraction of sp³-hybridized carbons (Fsp3) is 0.583. The maximum absolute atomic E-state index is 12.0. The van der Waals surface area contributed by atoms with E-state index < -0.39 is 10.0 Å². The molecule has 176 valence electrons. The van der Waals surface area contributed by atoms with Crippen LogP contribution >= 0.6 is 0 Å². The van der Waals surface area contributed by atoms with E-state index in [9.17, 15) is 8.42 Å². The summed E-state index contributed by atoms with van der Waals surface area (Å²) >= 11 is 0. The van der Waals surface area contributed by atoms with E-state index in [1.54, 1.807) is 11.4 Å². The number of methoxy groups -OCH3 is 1. The molecule has 1 fully saturated rings. The summed E-state index contributed by atoms with van der Waals surface area (Å²) in [6.45, 7) is 11.1. The Hall–Kier alpha value is -2.03. The van der Waals surface area contributed by atoms with E-state index in [2.05, 4.69) is 50.8 Å². The molecule has 0 bridgehead atoms. The largest absolute Gasteiger partial charge is 0.378 e. The number of rotatable bonds is 8. The number of anilines is 1. The predicted octanol–water partition coefficient (Wildman–Crippen LogP) is 3.11. The Balaban J connectivity index is 2.05. The van der Waals surface area contributed by atoms with Crippen molar-refractivity contribution in [3.8, 4) is 0 Å². The molecular formula is C24H36N4O3S. The van der Waals surface area contributed by atoms with Crippen LogP contribution in [0.15, 0.2) is 18.2 Å². The van der Waals surface area contributed by atoms with Crippen molar-refractivity contribution >= 4 is 15.8 Å². The molecule has 1 aromatic carbocycles. The molecule has 1 aliphatic heterocycles. The van der Waals surface area contributed by atoms with Gasteiger partial charge >= 0.3 is 0 Å². The van der Waals surface area contributed by atoms with E-state index in [1.165, 1.54) is 22.9 Å². The van der Waals surface area contributed by atoms with Gasteiger partial charge in [0.1, 0.15) is 11.6 Å². The van der Waals surface area contributed by atoms with Crippen LogP contribution < -0.4 is 4.90 Å². The first kappa shape index (κ1) is 24.6. The van der Waals surface area contributed by atoms with E-state index in [0.29, 0.717) is 38.7 Å². The fourth-order valence-electron chi connectivity index (χ4n) is 4.13. The van der Waals surface area contributed by atoms with Gasteiger partial charge in [0.05, 0.1) is 18.6 Å². The molecule has 8 heteroatoms. The lowest BCUT2D eigenvalue weighted by Crippen LogP contribution is -2.49. The van der Waals surface area contributed by atoms with E-state index >= 15 is 0 Å². The molecule has 1 saturated heterocycles. The highest BCUT2D eigenvalue weighted by Gasteiger charge is 2.27. The molecule has 0 radical (unpaired) electrons. The second-order valence-electron chi connectivity index (χ2n) is 9.18. The van der Waals surface area contributed by atoms with Gasteiger partial charge in [-0.15, -0.1) is 0 Å². The summed E-state index contributed by atoms with van der Waals surface area (Å²) in [6.07, 6.45) is 2.78. The first-order valence-electron chi connectivity index (χ1n) is 11.2. The zero-order valence-electron chi connectivity index (χ0n) is 20.2. The summed E-state index contributed by atoms with van der Waals surface area (Å²) in [6, 6.07) is 6.50. The molecule has 1 aromatic heterocycles. The van der Waals surface area contributed by atoms with Gasteiger partial charge in [0.15, 0.2) is 0 Å². The van der Waals surface area contributed by atoms with Gasteiger partial charge in [-0.05, 0) is 30.9 Å². The van der Waals surface area contributed by atoms with Crippen LogP contribution in [0.1, 0.15) is 47.6 Å². The van der Waals surface area contributed by atoms with Gasteiger partial charge in [-0.1, -0.05) is 37.6 Å². The van der Waals surface area contributed by atoms with E-state index in [4.69, 9.17) is 14.7 Å². The zero-order chi connectivity index (χ0) is 23.5. The maximum atomic E-state index is 12.0. The number of piperazine rings is 1. The highest BCUT2D eigenvalue weighted by Crippen LogP contribution is 2.28. The lowest BCUT2D eigenvalue weighted by Gasteiger charge is -2.35. The molecule has 1 aliphatic rings. The van der Waals surface area contributed by atoms with Gasteiger partial charge in [0, 0.05) is 51.7 Å². The molecular weight excluding hydrogens is 424 g/mol. The molecule has 3 rings (SSSR count). The van der Waals surface area contributed by atoms with Crippen molar-refractivity contribution in [1.82, 2.24) is 14.3 Å². The minimum Gasteiger partial charge on any atom is -0.378 e. The Kier molecular flexibility index (Phi) is 7.90. The average Bonchev–Trinajstić information content (AvgIpc) is 2.71. The summed E-state index contributed by atoms with van der Waals surface area (Å²) in [7, 11) is -1.50. The molecule has 0 N–H and O–H groups in total. The molecule has 0 aliphatic carbocycles. The van der Waals surface area contributed by atoms with Crippen molar-refractivity contribution in [3.63, 3.8) is 0 Å². The van der Waals surface area contributed by atoms with Crippen LogP contribution in [0.25, 0.3) is 0 Å². The van der Waals surface area contributed by atoms with Crippen LogP contribution in [-0.2, 0) is 34.2 Å². The third-order valence-corrected chi connectivity index (χ3v) is 7.17. The average molecular weight is 461 g/mol. The fourth-order valence-corrected chi connectivity index (χ4v) is 4.96. The second-order valence-corrected chi connectivity index (χ2v) is 11.2. The van der Waals surface area contributed by atoms with E-state index in [-0.39, 0.29) is 0 Å². The number of aryl methyl sites for hydroxylation is 2. The first-order valence-corrected chi connectivity index (χ1v) is 13.1. The minimum atomic E-state index is -3.19. The smallest absolute Gasteiger partial charge is 0.211 e. The number of nitrogens with zero attached hydrogens (tertiary/aromatic N) is 4. The number of hydrogen-bond acceptors (Lipinski definition) is 6. The Bertz CT molecular complexity index is 1050. The van der Waals surface area contributed by atoms with Gasteiger partial charge in [0.2, 0.25) is 10.0 Å². The molecule has 32 heavy (non-hydrogen) atoms. The molecule has 0 amide bonds. The number of ether oxygens (including phenoxy) is 1. The van der Waals surface area contributed by atoms with E-state index in [0.717, 1.165) is 35.7 Å². The Labute approximate surface area is 192 Å². The highest BCUT2D eigenvalue weighted by atomic mass is 32.2. The van der Waals surface area contributed by atoms with Crippen LogP contribution in [0.5, 0.6) is 0 Å². The quantitative estimate of drug-likeness (QED) is 0.603. The van der Waals surface area contributed by atoms with Crippen molar-refractivity contribution < 1.29 is 13.2 Å². The number of benzene rings is 1. The third-order valence-electron chi connectivity index (χ3n) is 5.87. The van der Waals surface area contributed by atoms with Gasteiger partial charge in [-0.3, -0.25) is 0 Å². The third kappa shape index (κ3) is 6.05. The molecule has 2 heterocycles. The van der Waals surface area contributed by atoms with Crippen LogP contribution in [-0.4, -0.2) is 62.2 Å². The summed E-state index contributed by atoms with van der Waals surface area (Å²) in [5, 5.41) is 0. The first-order chi connectivity index (χ1) is 15.1. The van der Waals surface area contributed by atoms with Gasteiger partial charge in [-0.2, -0.15) is 4.31 Å². The second kappa shape index (κ2) is 10.3. The van der Waals surface area contributed by atoms with Crippen molar-refractivity contribution in [2.24, 2.45) is 5.92 Å². The SMILES string of the molecule is COCc1nc(CC(C)C)nc(N2CCN(S(C)(=O)=O)CC2)c1Cc1cc(C)ccc1C. The van der Waals surface area contributed by atoms with Crippen LogP contribution in [0.3, 0.4) is 0 Å². The number of hydrogen-bond donors (Lipinski definition) is 0. The Morgan fingerprint density at radius 2 is 1.78 bits per heavy atom. The Morgan fingerprint density at radius 1 is 1.09 bits per heavy atom.